The molecule has 2 aromatic carbocycles. The second kappa shape index (κ2) is 9.37. The number of halogens is 1. The average molecular weight is 499 g/mol. The van der Waals surface area contributed by atoms with Gasteiger partial charge in [0.2, 0.25) is 10.0 Å². The number of carbonyl (C=O) groups excluding carboxylic acids is 1. The van der Waals surface area contributed by atoms with Gasteiger partial charge in [-0.15, -0.1) is 0 Å². The molecule has 35 heavy (non-hydrogen) atoms. The van der Waals surface area contributed by atoms with Crippen molar-refractivity contribution in [2.24, 2.45) is 5.73 Å². The maximum atomic E-state index is 14.4. The Labute approximate surface area is 204 Å². The predicted molar refractivity (Wildman–Crippen MR) is 135 cm³/mol. The highest BCUT2D eigenvalue weighted by Crippen LogP contribution is 2.37. The summed E-state index contributed by atoms with van der Waals surface area (Å²) < 4.78 is 40.5. The van der Waals surface area contributed by atoms with Gasteiger partial charge in [0.25, 0.3) is 5.91 Å². The van der Waals surface area contributed by atoms with Gasteiger partial charge in [0.1, 0.15) is 5.82 Å². The zero-order valence-corrected chi connectivity index (χ0v) is 20.6. The molecular weight excluding hydrogens is 467 g/mol. The summed E-state index contributed by atoms with van der Waals surface area (Å²) in [6.07, 6.45) is 5.57. The number of rotatable bonds is 8. The third-order valence-electron chi connectivity index (χ3n) is 7.28. The van der Waals surface area contributed by atoms with Gasteiger partial charge in [-0.3, -0.25) is 4.79 Å². The van der Waals surface area contributed by atoms with E-state index in [0.29, 0.717) is 55.2 Å². The van der Waals surface area contributed by atoms with E-state index in [4.69, 9.17) is 5.73 Å². The molecule has 2 aliphatic rings. The molecule has 7 nitrogen and oxygen atoms in total. The monoisotopic (exact) mass is 498 g/mol. The van der Waals surface area contributed by atoms with Crippen LogP contribution < -0.4 is 11.1 Å². The maximum Gasteiger partial charge on any atom is 0.250 e. The van der Waals surface area contributed by atoms with Gasteiger partial charge in [0.15, 0.2) is 0 Å². The summed E-state index contributed by atoms with van der Waals surface area (Å²) >= 11 is 0. The summed E-state index contributed by atoms with van der Waals surface area (Å²) in [6, 6.07) is 9.27. The number of primary amides is 1. The lowest BCUT2D eigenvalue weighted by Gasteiger charge is -2.31. The first-order valence-electron chi connectivity index (χ1n) is 12.2. The minimum atomic E-state index is -3.20. The third kappa shape index (κ3) is 4.85. The molecule has 0 spiro atoms. The van der Waals surface area contributed by atoms with Gasteiger partial charge in [0.05, 0.1) is 16.8 Å². The lowest BCUT2D eigenvalue weighted by atomic mass is 9.88. The topological polar surface area (TPSA) is 108 Å². The van der Waals surface area contributed by atoms with Crippen LogP contribution in [0.25, 0.3) is 22.0 Å². The molecule has 5 rings (SSSR count). The van der Waals surface area contributed by atoms with Gasteiger partial charge in [0, 0.05) is 42.8 Å². The summed E-state index contributed by atoms with van der Waals surface area (Å²) in [5.74, 6) is -0.526. The van der Waals surface area contributed by atoms with Gasteiger partial charge < -0.3 is 16.0 Å². The number of nitrogens with one attached hydrogen (secondary N) is 2. The number of aromatic nitrogens is 1. The Kier molecular flexibility index (Phi) is 6.41. The molecule has 2 fully saturated rings. The Morgan fingerprint density at radius 3 is 2.54 bits per heavy atom. The Bertz CT molecular complexity index is 1370. The molecule has 0 unspecified atom stereocenters. The van der Waals surface area contributed by atoms with Crippen molar-refractivity contribution in [2.75, 3.05) is 18.8 Å². The first-order valence-corrected chi connectivity index (χ1v) is 13.8. The van der Waals surface area contributed by atoms with Crippen molar-refractivity contribution in [3.8, 4) is 11.1 Å². The fraction of sp³-hybridized carbons (Fsp3) is 0.423. The summed E-state index contributed by atoms with van der Waals surface area (Å²) in [5.41, 5.74) is 10.1. The van der Waals surface area contributed by atoms with Crippen molar-refractivity contribution in [3.63, 3.8) is 0 Å². The first-order chi connectivity index (χ1) is 16.8. The number of carbonyl (C=O) groups is 1. The maximum absolute atomic E-state index is 14.4. The van der Waals surface area contributed by atoms with E-state index in [0.717, 1.165) is 34.9 Å². The summed E-state index contributed by atoms with van der Waals surface area (Å²) in [7, 11) is -3.20. The van der Waals surface area contributed by atoms with Gasteiger partial charge in [-0.1, -0.05) is 6.07 Å². The number of sulfonamides is 1. The van der Waals surface area contributed by atoms with Crippen LogP contribution in [0.5, 0.6) is 0 Å². The van der Waals surface area contributed by atoms with E-state index in [1.54, 1.807) is 23.4 Å². The molecule has 9 heteroatoms. The lowest BCUT2D eigenvalue weighted by Crippen LogP contribution is -2.38. The average Bonchev–Trinajstić information content (AvgIpc) is 3.59. The molecule has 3 aromatic rings. The second-order valence-electron chi connectivity index (χ2n) is 9.59. The van der Waals surface area contributed by atoms with Crippen molar-refractivity contribution in [1.29, 1.82) is 0 Å². The summed E-state index contributed by atoms with van der Waals surface area (Å²) in [6.45, 7) is 3.08. The van der Waals surface area contributed by atoms with E-state index in [2.05, 4.69) is 10.3 Å². The van der Waals surface area contributed by atoms with Crippen LogP contribution in [-0.2, 0) is 16.6 Å². The van der Waals surface area contributed by atoms with E-state index in [-0.39, 0.29) is 17.5 Å². The normalized spacial score (nSPS) is 17.8. The number of hydrogen-bond acceptors (Lipinski definition) is 4. The Morgan fingerprint density at radius 1 is 1.14 bits per heavy atom. The fourth-order valence-corrected chi connectivity index (χ4v) is 6.14. The van der Waals surface area contributed by atoms with Crippen molar-refractivity contribution < 1.29 is 17.6 Å². The van der Waals surface area contributed by atoms with Crippen LogP contribution >= 0.6 is 0 Å². The molecule has 1 amide bonds. The van der Waals surface area contributed by atoms with E-state index in [1.807, 2.05) is 18.3 Å². The molecule has 186 valence electrons. The number of nitrogens with two attached hydrogens (primary N) is 1. The number of amides is 1. The van der Waals surface area contributed by atoms with Crippen LogP contribution in [0.4, 0.5) is 4.39 Å². The predicted octanol–water partition coefficient (Wildman–Crippen LogP) is 3.85. The first kappa shape index (κ1) is 24.0. The quantitative estimate of drug-likeness (QED) is 0.438. The SMILES string of the molecule is CCS(=O)(=O)N1CCC(c2c[nH]c3c(C(N)=O)cc(-c4ccc(F)c(CNC5CC5)c4)cc23)CC1. The Morgan fingerprint density at radius 2 is 1.89 bits per heavy atom. The highest BCUT2D eigenvalue weighted by atomic mass is 32.2. The van der Waals surface area contributed by atoms with Crippen LogP contribution in [0.1, 0.15) is 60.0 Å². The molecule has 1 aromatic heterocycles. The highest BCUT2D eigenvalue weighted by Gasteiger charge is 2.29. The largest absolute Gasteiger partial charge is 0.366 e. The van der Waals surface area contributed by atoms with E-state index in [9.17, 15) is 17.6 Å². The Balaban J connectivity index is 1.49. The van der Waals surface area contributed by atoms with Crippen molar-refractivity contribution >= 4 is 26.8 Å². The smallest absolute Gasteiger partial charge is 0.250 e. The number of hydrogen-bond donors (Lipinski definition) is 3. The second-order valence-corrected chi connectivity index (χ2v) is 11.8. The number of H-pyrrole nitrogens is 1. The van der Waals surface area contributed by atoms with Crippen molar-refractivity contribution in [1.82, 2.24) is 14.6 Å². The zero-order chi connectivity index (χ0) is 24.7. The van der Waals surface area contributed by atoms with Crippen molar-refractivity contribution in [2.45, 2.75) is 51.1 Å². The van der Waals surface area contributed by atoms with Crippen LogP contribution in [0, 0.1) is 5.82 Å². The van der Waals surface area contributed by atoms with Crippen LogP contribution in [0.2, 0.25) is 0 Å². The molecule has 2 heterocycles. The van der Waals surface area contributed by atoms with E-state index in [1.165, 1.54) is 6.07 Å². The Hall–Kier alpha value is -2.75. The minimum Gasteiger partial charge on any atom is -0.366 e. The number of fused-ring (bicyclic) bond motifs is 1. The number of benzene rings is 2. The molecule has 1 aliphatic carbocycles. The number of nitrogens with zero attached hydrogens (tertiary/aromatic N) is 1. The standard InChI is InChI=1S/C26H31FN4O3S/c1-2-35(33,34)31-9-7-16(8-10-31)23-15-30-25-21(23)12-18(13-22(25)26(28)32)17-3-6-24(27)19(11-17)14-29-20-4-5-20/h3,6,11-13,15-16,20,29-30H,2,4-5,7-10,14H2,1H3,(H2,28,32). The molecule has 4 N–H and O–H groups in total. The molecule has 1 aliphatic heterocycles. The van der Waals surface area contributed by atoms with Gasteiger partial charge >= 0.3 is 0 Å². The highest BCUT2D eigenvalue weighted by molar-refractivity contribution is 7.89. The van der Waals surface area contributed by atoms with Gasteiger partial charge in [-0.2, -0.15) is 0 Å². The molecule has 1 saturated heterocycles. The van der Waals surface area contributed by atoms with Gasteiger partial charge in [-0.05, 0) is 79.5 Å². The third-order valence-corrected chi connectivity index (χ3v) is 9.16. The van der Waals surface area contributed by atoms with Crippen LogP contribution in [-0.4, -0.2) is 48.5 Å². The van der Waals surface area contributed by atoms with Crippen LogP contribution in [0.3, 0.4) is 0 Å². The van der Waals surface area contributed by atoms with Crippen molar-refractivity contribution in [3.05, 3.63) is 59.0 Å². The summed E-state index contributed by atoms with van der Waals surface area (Å²) in [4.78, 5) is 15.6. The zero-order valence-electron chi connectivity index (χ0n) is 19.8. The van der Waals surface area contributed by atoms with Gasteiger partial charge in [-0.25, -0.2) is 17.1 Å². The fourth-order valence-electron chi connectivity index (χ4n) is 5.01. The number of aromatic amines is 1. The molecule has 0 bridgehead atoms. The summed E-state index contributed by atoms with van der Waals surface area (Å²) in [5, 5.41) is 4.25. The van der Waals surface area contributed by atoms with E-state index < -0.39 is 15.9 Å². The molecule has 1 saturated carbocycles. The van der Waals surface area contributed by atoms with Crippen LogP contribution in [0.15, 0.2) is 36.5 Å². The molecule has 0 radical (unpaired) electrons. The minimum absolute atomic E-state index is 0.103. The number of piperidine rings is 1. The lowest BCUT2D eigenvalue weighted by molar-refractivity contribution is 0.100. The molecular formula is C26H31FN4O3S. The van der Waals surface area contributed by atoms with E-state index >= 15 is 0 Å². The molecule has 0 atom stereocenters.